The van der Waals surface area contributed by atoms with Crippen LogP contribution in [0.5, 0.6) is 5.75 Å². The van der Waals surface area contributed by atoms with Gasteiger partial charge in [-0.2, -0.15) is 5.26 Å². The summed E-state index contributed by atoms with van der Waals surface area (Å²) in [5, 5.41) is 16.4. The molecule has 0 saturated carbocycles. The first kappa shape index (κ1) is 24.8. The van der Waals surface area contributed by atoms with E-state index < -0.39 is 34.1 Å². The smallest absolute Gasteiger partial charge is 0.262 e. The quantitative estimate of drug-likeness (QED) is 0.471. The molecule has 0 fully saturated rings. The van der Waals surface area contributed by atoms with Gasteiger partial charge in [0.25, 0.3) is 15.9 Å². The molecule has 1 amide bonds. The molecule has 9 nitrogen and oxygen atoms in total. The second-order valence-corrected chi connectivity index (χ2v) is 8.97. The minimum absolute atomic E-state index is 0.00624. The van der Waals surface area contributed by atoms with Crippen LogP contribution in [0.25, 0.3) is 0 Å². The molecule has 3 N–H and O–H groups in total. The van der Waals surface area contributed by atoms with Crippen LogP contribution in [0.15, 0.2) is 53.7 Å². The minimum Gasteiger partial charge on any atom is -0.483 e. The molecule has 0 saturated heterocycles. The lowest BCUT2D eigenvalue weighted by molar-refractivity contribution is -0.118. The summed E-state index contributed by atoms with van der Waals surface area (Å²) in [6.07, 6.45) is 1.14. The summed E-state index contributed by atoms with van der Waals surface area (Å²) in [7, 11) is -4.00. The lowest BCUT2D eigenvalue weighted by atomic mass is 10.0. The van der Waals surface area contributed by atoms with Gasteiger partial charge in [-0.25, -0.2) is 22.9 Å². The van der Waals surface area contributed by atoms with Crippen molar-refractivity contribution < 1.29 is 27.1 Å². The van der Waals surface area contributed by atoms with E-state index in [2.05, 4.69) is 10.3 Å². The maximum atomic E-state index is 13.8. The molecule has 3 aromatic rings. The van der Waals surface area contributed by atoms with Gasteiger partial charge in [-0.3, -0.25) is 9.59 Å². The standard InChI is InChI=1S/C22H16ClFN4O5S/c1-12-4-21(34(26,31)32)27-10-18(12)28-20(29)11-33-19-3-2-15(23)8-17(19)22(30)14-5-13(9-25)6-16(24)7-14/h2-8,10H,11H2,1H3,(H,28,29)(H2,26,31,32). The van der Waals surface area contributed by atoms with Gasteiger partial charge in [0, 0.05) is 10.6 Å². The van der Waals surface area contributed by atoms with E-state index in [0.29, 0.717) is 5.56 Å². The summed E-state index contributed by atoms with van der Waals surface area (Å²) in [5.41, 5.74) is 0.464. The molecule has 0 aliphatic rings. The highest BCUT2D eigenvalue weighted by Gasteiger charge is 2.19. The topological polar surface area (TPSA) is 152 Å². The van der Waals surface area contributed by atoms with Gasteiger partial charge in [-0.05, 0) is 55.0 Å². The average Bonchev–Trinajstić information content (AvgIpc) is 2.77. The molecule has 0 unspecified atom stereocenters. The number of benzene rings is 2. The Morgan fingerprint density at radius 3 is 2.62 bits per heavy atom. The van der Waals surface area contributed by atoms with E-state index in [0.717, 1.165) is 18.3 Å². The number of nitrogens with zero attached hydrogens (tertiary/aromatic N) is 2. The van der Waals surface area contributed by atoms with Crippen LogP contribution in [0, 0.1) is 24.1 Å². The van der Waals surface area contributed by atoms with Gasteiger partial charge >= 0.3 is 0 Å². The van der Waals surface area contributed by atoms with Crippen molar-refractivity contribution in [2.75, 3.05) is 11.9 Å². The molecule has 0 aliphatic carbocycles. The van der Waals surface area contributed by atoms with Crippen molar-refractivity contribution in [1.82, 2.24) is 4.98 Å². The molecule has 12 heteroatoms. The van der Waals surface area contributed by atoms with E-state index in [-0.39, 0.29) is 38.2 Å². The predicted octanol–water partition coefficient (Wildman–Crippen LogP) is 2.95. The highest BCUT2D eigenvalue weighted by atomic mass is 35.5. The zero-order chi connectivity index (χ0) is 25.0. The molecule has 0 atom stereocenters. The number of anilines is 1. The number of nitrogens with two attached hydrogens (primary N) is 1. The molecule has 0 spiro atoms. The number of nitriles is 1. The van der Waals surface area contributed by atoms with Crippen LogP contribution in [0.2, 0.25) is 5.02 Å². The Morgan fingerprint density at radius 2 is 1.97 bits per heavy atom. The Labute approximate surface area is 199 Å². The highest BCUT2D eigenvalue weighted by molar-refractivity contribution is 7.89. The fourth-order valence-electron chi connectivity index (χ4n) is 2.89. The number of halogens is 2. The Morgan fingerprint density at radius 1 is 1.24 bits per heavy atom. The number of hydrogen-bond acceptors (Lipinski definition) is 7. The van der Waals surface area contributed by atoms with E-state index >= 15 is 0 Å². The fourth-order valence-corrected chi connectivity index (χ4v) is 3.61. The van der Waals surface area contributed by atoms with Crippen molar-refractivity contribution in [3.05, 3.63) is 81.8 Å². The first-order chi connectivity index (χ1) is 16.0. The maximum absolute atomic E-state index is 13.8. The van der Waals surface area contributed by atoms with Gasteiger partial charge in [-0.15, -0.1) is 0 Å². The van der Waals surface area contributed by atoms with Gasteiger partial charge in [0.05, 0.1) is 29.1 Å². The van der Waals surface area contributed by atoms with Crippen LogP contribution in [0.1, 0.15) is 27.0 Å². The molecule has 1 aromatic heterocycles. The zero-order valence-electron chi connectivity index (χ0n) is 17.5. The van der Waals surface area contributed by atoms with Gasteiger partial charge in [0.15, 0.2) is 17.4 Å². The molecule has 0 aliphatic heterocycles. The number of aromatic nitrogens is 1. The highest BCUT2D eigenvalue weighted by Crippen LogP contribution is 2.26. The number of amides is 1. The second kappa shape index (κ2) is 9.96. The van der Waals surface area contributed by atoms with Gasteiger partial charge in [0.2, 0.25) is 0 Å². The molecule has 3 rings (SSSR count). The summed E-state index contributed by atoms with van der Waals surface area (Å²) in [4.78, 5) is 29.0. The number of sulfonamides is 1. The van der Waals surface area contributed by atoms with E-state index in [4.69, 9.17) is 26.7 Å². The lowest BCUT2D eigenvalue weighted by Gasteiger charge is -2.13. The van der Waals surface area contributed by atoms with Crippen LogP contribution >= 0.6 is 11.6 Å². The van der Waals surface area contributed by atoms with Crippen molar-refractivity contribution in [1.29, 1.82) is 5.26 Å². The summed E-state index contributed by atoms with van der Waals surface area (Å²) in [6.45, 7) is 1.03. The number of carbonyl (C=O) groups excluding carboxylic acids is 2. The molecule has 34 heavy (non-hydrogen) atoms. The van der Waals surface area contributed by atoms with Crippen LogP contribution in [-0.4, -0.2) is 31.7 Å². The minimum atomic E-state index is -4.00. The second-order valence-electron chi connectivity index (χ2n) is 7.03. The molecule has 1 heterocycles. The zero-order valence-corrected chi connectivity index (χ0v) is 19.1. The van der Waals surface area contributed by atoms with E-state index in [1.54, 1.807) is 13.0 Å². The molecular formula is C22H16ClFN4O5S. The summed E-state index contributed by atoms with van der Waals surface area (Å²) >= 11 is 6.00. The molecule has 2 aromatic carbocycles. The van der Waals surface area contributed by atoms with Gasteiger partial charge in [0.1, 0.15) is 11.6 Å². The van der Waals surface area contributed by atoms with Crippen LogP contribution in [-0.2, 0) is 14.8 Å². The summed E-state index contributed by atoms with van der Waals surface area (Å²) in [6, 6.07) is 10.3. The summed E-state index contributed by atoms with van der Waals surface area (Å²) in [5.74, 6) is -2.04. The number of primary sulfonamides is 1. The fraction of sp³-hybridized carbons (Fsp3) is 0.0909. The van der Waals surface area contributed by atoms with Gasteiger partial charge < -0.3 is 10.1 Å². The van der Waals surface area contributed by atoms with Crippen LogP contribution in [0.3, 0.4) is 0 Å². The van der Waals surface area contributed by atoms with Crippen LogP contribution in [0.4, 0.5) is 10.1 Å². The number of ether oxygens (including phenoxy) is 1. The number of pyridine rings is 1. The Kier molecular flexibility index (Phi) is 7.26. The first-order valence-corrected chi connectivity index (χ1v) is 11.4. The maximum Gasteiger partial charge on any atom is 0.262 e. The number of carbonyl (C=O) groups is 2. The summed E-state index contributed by atoms with van der Waals surface area (Å²) < 4.78 is 42.0. The number of rotatable bonds is 7. The number of hydrogen-bond donors (Lipinski definition) is 2. The largest absolute Gasteiger partial charge is 0.483 e. The predicted molar refractivity (Wildman–Crippen MR) is 120 cm³/mol. The van der Waals surface area contributed by atoms with E-state index in [1.807, 2.05) is 0 Å². The van der Waals surface area contributed by atoms with E-state index in [1.165, 1.54) is 30.3 Å². The SMILES string of the molecule is Cc1cc(S(N)(=O)=O)ncc1NC(=O)COc1ccc(Cl)cc1C(=O)c1cc(F)cc(C#N)c1. The Balaban J connectivity index is 1.78. The lowest BCUT2D eigenvalue weighted by Crippen LogP contribution is -2.22. The Bertz CT molecular complexity index is 1450. The average molecular weight is 503 g/mol. The van der Waals surface area contributed by atoms with Crippen molar-refractivity contribution >= 4 is 39.0 Å². The van der Waals surface area contributed by atoms with Crippen molar-refractivity contribution in [2.45, 2.75) is 11.9 Å². The molecule has 0 radical (unpaired) electrons. The monoisotopic (exact) mass is 502 g/mol. The van der Waals surface area contributed by atoms with Crippen molar-refractivity contribution in [3.63, 3.8) is 0 Å². The number of ketones is 1. The molecular weight excluding hydrogens is 487 g/mol. The van der Waals surface area contributed by atoms with Crippen LogP contribution < -0.4 is 15.2 Å². The van der Waals surface area contributed by atoms with Gasteiger partial charge in [-0.1, -0.05) is 11.6 Å². The normalized spacial score (nSPS) is 10.9. The Hall–Kier alpha value is -3.85. The van der Waals surface area contributed by atoms with Crippen molar-refractivity contribution in [2.24, 2.45) is 5.14 Å². The third-order valence-electron chi connectivity index (χ3n) is 4.49. The molecule has 0 bridgehead atoms. The number of aryl methyl sites for hydroxylation is 1. The molecule has 174 valence electrons. The van der Waals surface area contributed by atoms with Crippen molar-refractivity contribution in [3.8, 4) is 11.8 Å². The third kappa shape index (κ3) is 5.93. The number of nitrogens with one attached hydrogen (secondary N) is 1. The van der Waals surface area contributed by atoms with E-state index in [9.17, 15) is 22.4 Å². The third-order valence-corrected chi connectivity index (χ3v) is 5.53. The first-order valence-electron chi connectivity index (χ1n) is 9.45.